The first-order valence-electron chi connectivity index (χ1n) is 7.81. The second kappa shape index (κ2) is 6.55. The number of fused-ring (bicyclic) bond motifs is 1. The molecule has 0 radical (unpaired) electrons. The molecule has 0 saturated heterocycles. The summed E-state index contributed by atoms with van der Waals surface area (Å²) >= 11 is 0. The van der Waals surface area contributed by atoms with E-state index < -0.39 is 27.4 Å². The van der Waals surface area contributed by atoms with E-state index in [0.717, 1.165) is 12.3 Å². The monoisotopic (exact) mass is 365 g/mol. The van der Waals surface area contributed by atoms with Crippen LogP contribution in [0.4, 0.5) is 14.5 Å². The average molecular weight is 365 g/mol. The van der Waals surface area contributed by atoms with E-state index >= 15 is 0 Å². The number of anilines is 1. The molecule has 1 heterocycles. The lowest BCUT2D eigenvalue weighted by atomic mass is 9.99. The Balaban J connectivity index is 1.97. The van der Waals surface area contributed by atoms with Gasteiger partial charge in [0.15, 0.2) is 9.84 Å². The summed E-state index contributed by atoms with van der Waals surface area (Å²) in [5, 5.41) is 0. The quantitative estimate of drug-likeness (QED) is 0.840. The summed E-state index contributed by atoms with van der Waals surface area (Å²) < 4.78 is 50.6. The Morgan fingerprint density at radius 1 is 1.20 bits per heavy atom. The minimum absolute atomic E-state index is 0.103. The summed E-state index contributed by atoms with van der Waals surface area (Å²) in [6.07, 6.45) is 2.22. The van der Waals surface area contributed by atoms with Crippen molar-refractivity contribution in [1.82, 2.24) is 0 Å². The molecule has 1 aliphatic heterocycles. The first-order chi connectivity index (χ1) is 11.7. The molecular formula is C18H17F2NO3S. The van der Waals surface area contributed by atoms with E-state index in [2.05, 4.69) is 0 Å². The summed E-state index contributed by atoms with van der Waals surface area (Å²) in [6, 6.07) is 8.29. The zero-order valence-electron chi connectivity index (χ0n) is 13.6. The molecule has 7 heteroatoms. The maximum absolute atomic E-state index is 14.2. The molecule has 3 rings (SSSR count). The van der Waals surface area contributed by atoms with Crippen LogP contribution in [-0.4, -0.2) is 27.1 Å². The number of halogens is 2. The van der Waals surface area contributed by atoms with Gasteiger partial charge in [0.05, 0.1) is 11.4 Å². The SMILES string of the molecule is CS(=O)(=O)Cc1cccc(C(=O)N2CCCc3cc(F)cc(F)c32)c1. The fourth-order valence-electron chi connectivity index (χ4n) is 3.11. The lowest BCUT2D eigenvalue weighted by Gasteiger charge is -2.30. The van der Waals surface area contributed by atoms with Crippen molar-refractivity contribution in [2.75, 3.05) is 17.7 Å². The Kier molecular flexibility index (Phi) is 4.60. The second-order valence-corrected chi connectivity index (χ2v) is 8.37. The van der Waals surface area contributed by atoms with Crippen LogP contribution in [0.25, 0.3) is 0 Å². The Morgan fingerprint density at radius 3 is 2.68 bits per heavy atom. The van der Waals surface area contributed by atoms with E-state index in [1.54, 1.807) is 18.2 Å². The first-order valence-corrected chi connectivity index (χ1v) is 9.87. The lowest BCUT2D eigenvalue weighted by Crippen LogP contribution is -2.36. The largest absolute Gasteiger partial charge is 0.305 e. The number of sulfone groups is 1. The van der Waals surface area contributed by atoms with Gasteiger partial charge in [0.2, 0.25) is 0 Å². The Bertz CT molecular complexity index is 941. The van der Waals surface area contributed by atoms with Gasteiger partial charge >= 0.3 is 0 Å². The predicted octanol–water partition coefficient (Wildman–Crippen LogP) is 3.10. The van der Waals surface area contributed by atoms with Gasteiger partial charge in [0.25, 0.3) is 5.91 Å². The number of hydrogen-bond donors (Lipinski definition) is 0. The van der Waals surface area contributed by atoms with Crippen LogP contribution >= 0.6 is 0 Å². The molecule has 0 aliphatic carbocycles. The van der Waals surface area contributed by atoms with Crippen LogP contribution in [0.2, 0.25) is 0 Å². The molecule has 0 unspecified atom stereocenters. The highest BCUT2D eigenvalue weighted by Gasteiger charge is 2.27. The third-order valence-corrected chi connectivity index (χ3v) is 4.91. The zero-order valence-corrected chi connectivity index (χ0v) is 14.4. The fraction of sp³-hybridized carbons (Fsp3) is 0.278. The van der Waals surface area contributed by atoms with E-state index in [1.165, 1.54) is 17.0 Å². The van der Waals surface area contributed by atoms with Gasteiger partial charge in [0, 0.05) is 24.4 Å². The summed E-state index contributed by atoms with van der Waals surface area (Å²) in [6.45, 7) is 0.324. The van der Waals surface area contributed by atoms with Gasteiger partial charge in [-0.1, -0.05) is 12.1 Å². The Hall–Kier alpha value is -2.28. The van der Waals surface area contributed by atoms with E-state index in [9.17, 15) is 22.0 Å². The molecule has 0 aromatic heterocycles. The maximum Gasteiger partial charge on any atom is 0.258 e. The molecule has 25 heavy (non-hydrogen) atoms. The van der Waals surface area contributed by atoms with Gasteiger partial charge in [-0.2, -0.15) is 0 Å². The van der Waals surface area contributed by atoms with Crippen molar-refractivity contribution >= 4 is 21.4 Å². The van der Waals surface area contributed by atoms with Gasteiger partial charge in [-0.25, -0.2) is 17.2 Å². The molecule has 0 saturated carbocycles. The first kappa shape index (κ1) is 17.5. The van der Waals surface area contributed by atoms with Gasteiger partial charge in [-0.05, 0) is 42.2 Å². The second-order valence-electron chi connectivity index (χ2n) is 6.23. The van der Waals surface area contributed by atoms with E-state index in [1.807, 2.05) is 0 Å². The molecule has 1 amide bonds. The van der Waals surface area contributed by atoms with Crippen LogP contribution in [-0.2, 0) is 22.0 Å². The third-order valence-electron chi connectivity index (χ3n) is 4.05. The summed E-state index contributed by atoms with van der Waals surface area (Å²) in [5.74, 6) is -2.04. The number of carbonyl (C=O) groups excluding carboxylic acids is 1. The lowest BCUT2D eigenvalue weighted by molar-refractivity contribution is 0.0984. The van der Waals surface area contributed by atoms with Crippen molar-refractivity contribution in [3.8, 4) is 0 Å². The van der Waals surface area contributed by atoms with Crippen molar-refractivity contribution in [3.05, 3.63) is 64.7 Å². The topological polar surface area (TPSA) is 54.5 Å². The molecule has 0 fully saturated rings. The molecule has 0 bridgehead atoms. The smallest absolute Gasteiger partial charge is 0.258 e. The van der Waals surface area contributed by atoms with Gasteiger partial charge < -0.3 is 4.90 Å². The highest BCUT2D eigenvalue weighted by atomic mass is 32.2. The van der Waals surface area contributed by atoms with Crippen LogP contribution in [0.15, 0.2) is 36.4 Å². The summed E-state index contributed by atoms with van der Waals surface area (Å²) in [4.78, 5) is 14.1. The summed E-state index contributed by atoms with van der Waals surface area (Å²) in [5.41, 5.74) is 1.33. The maximum atomic E-state index is 14.2. The molecule has 2 aromatic carbocycles. The molecule has 4 nitrogen and oxygen atoms in total. The Labute approximate surface area is 145 Å². The van der Waals surface area contributed by atoms with Crippen molar-refractivity contribution in [2.45, 2.75) is 18.6 Å². The van der Waals surface area contributed by atoms with Crippen LogP contribution in [0, 0.1) is 11.6 Å². The van der Waals surface area contributed by atoms with Crippen molar-refractivity contribution in [2.24, 2.45) is 0 Å². The predicted molar refractivity (Wildman–Crippen MR) is 91.3 cm³/mol. The number of benzene rings is 2. The van der Waals surface area contributed by atoms with Crippen LogP contribution in [0.1, 0.15) is 27.9 Å². The van der Waals surface area contributed by atoms with Gasteiger partial charge in [-0.15, -0.1) is 0 Å². The molecular weight excluding hydrogens is 348 g/mol. The molecule has 0 atom stereocenters. The zero-order chi connectivity index (χ0) is 18.2. The Morgan fingerprint density at radius 2 is 1.96 bits per heavy atom. The van der Waals surface area contributed by atoms with Gasteiger partial charge in [-0.3, -0.25) is 4.79 Å². The van der Waals surface area contributed by atoms with E-state index in [4.69, 9.17) is 0 Å². The fourth-order valence-corrected chi connectivity index (χ4v) is 3.89. The molecule has 2 aromatic rings. The molecule has 132 valence electrons. The van der Waals surface area contributed by atoms with Crippen LogP contribution in [0.5, 0.6) is 0 Å². The highest BCUT2D eigenvalue weighted by Crippen LogP contribution is 2.32. The van der Waals surface area contributed by atoms with E-state index in [0.29, 0.717) is 30.5 Å². The van der Waals surface area contributed by atoms with E-state index in [-0.39, 0.29) is 17.0 Å². The number of hydrogen-bond acceptors (Lipinski definition) is 3. The van der Waals surface area contributed by atoms with Crippen molar-refractivity contribution in [1.29, 1.82) is 0 Å². The third kappa shape index (κ3) is 3.87. The number of nitrogens with zero attached hydrogens (tertiary/aromatic N) is 1. The number of carbonyl (C=O) groups is 1. The summed E-state index contributed by atoms with van der Waals surface area (Å²) in [7, 11) is -3.23. The number of rotatable bonds is 3. The van der Waals surface area contributed by atoms with Crippen molar-refractivity contribution in [3.63, 3.8) is 0 Å². The highest BCUT2D eigenvalue weighted by molar-refractivity contribution is 7.89. The molecule has 0 spiro atoms. The normalized spacial score (nSPS) is 14.3. The molecule has 1 aliphatic rings. The number of aryl methyl sites for hydroxylation is 1. The standard InChI is InChI=1S/C18H17F2NO3S/c1-25(23,24)11-12-4-2-5-14(8-12)18(22)21-7-3-6-13-9-15(19)10-16(20)17(13)21/h2,4-5,8-10H,3,6-7,11H2,1H3. The van der Waals surface area contributed by atoms with Crippen LogP contribution in [0.3, 0.4) is 0 Å². The van der Waals surface area contributed by atoms with Crippen molar-refractivity contribution < 1.29 is 22.0 Å². The number of amides is 1. The minimum Gasteiger partial charge on any atom is -0.305 e. The average Bonchev–Trinajstić information content (AvgIpc) is 2.52. The minimum atomic E-state index is -3.23. The van der Waals surface area contributed by atoms with Gasteiger partial charge in [0.1, 0.15) is 11.6 Å². The van der Waals surface area contributed by atoms with Crippen LogP contribution < -0.4 is 4.90 Å². The molecule has 0 N–H and O–H groups in total.